The van der Waals surface area contributed by atoms with Gasteiger partial charge in [-0.2, -0.15) is 5.10 Å². The zero-order valence-electron chi connectivity index (χ0n) is 20.1. The molecule has 5 rings (SSSR count). The summed E-state index contributed by atoms with van der Waals surface area (Å²) < 4.78 is 0. The largest absolute Gasteiger partial charge is 0.465 e. The molecular weight excluding hydrogens is 454 g/mol. The molecule has 1 aliphatic rings. The summed E-state index contributed by atoms with van der Waals surface area (Å²) in [7, 11) is 0. The molecule has 2 aromatic carbocycles. The molecule has 2 amide bonds. The molecule has 2 aromatic heterocycles. The number of H-pyrrole nitrogens is 1. The number of fused-ring (bicyclic) bond motifs is 2. The van der Waals surface area contributed by atoms with E-state index in [1.165, 1.54) is 4.90 Å². The fourth-order valence-corrected chi connectivity index (χ4v) is 4.33. The summed E-state index contributed by atoms with van der Waals surface area (Å²) in [6.07, 6.45) is 8.15. The molecule has 3 heterocycles. The van der Waals surface area contributed by atoms with Crippen LogP contribution in [0.5, 0.6) is 0 Å². The van der Waals surface area contributed by atoms with Gasteiger partial charge in [0.2, 0.25) is 0 Å². The van der Waals surface area contributed by atoms with Crippen LogP contribution in [0.3, 0.4) is 0 Å². The third kappa shape index (κ3) is 4.36. The number of nitrogens with one attached hydrogen (secondary N) is 2. The summed E-state index contributed by atoms with van der Waals surface area (Å²) in [5.74, 6) is -0.231. The van der Waals surface area contributed by atoms with Gasteiger partial charge >= 0.3 is 6.09 Å². The van der Waals surface area contributed by atoms with Crippen molar-refractivity contribution in [3.8, 4) is 0 Å². The van der Waals surface area contributed by atoms with Gasteiger partial charge in [0.15, 0.2) is 0 Å². The van der Waals surface area contributed by atoms with Crippen LogP contribution in [0.15, 0.2) is 60.9 Å². The Balaban J connectivity index is 1.49. The zero-order chi connectivity index (χ0) is 25.4. The number of hydrogen-bond donors (Lipinski definition) is 3. The van der Waals surface area contributed by atoms with Crippen LogP contribution in [0.25, 0.3) is 34.7 Å². The van der Waals surface area contributed by atoms with Crippen molar-refractivity contribution in [2.75, 3.05) is 10.2 Å². The van der Waals surface area contributed by atoms with Crippen LogP contribution >= 0.6 is 0 Å². The molecule has 0 saturated carbocycles. The summed E-state index contributed by atoms with van der Waals surface area (Å²) in [6.45, 7) is 5.48. The first-order valence-electron chi connectivity index (χ1n) is 11.5. The van der Waals surface area contributed by atoms with Gasteiger partial charge in [-0.15, -0.1) is 0 Å². The molecule has 0 atom stereocenters. The standard InChI is InChI=1S/C28H25N5O3/c1-28(2,3)33(27(35)36)19-6-9-23-21(16-19)22(26(34)30-23)14-18-4-7-20-24(31-32-25(20)15-18)8-5-17-10-12-29-13-11-17/h4-16H,1-3H3,(H,30,34)(H,31,32)(H,35,36)/b8-5+,22-14+. The van der Waals surface area contributed by atoms with E-state index in [9.17, 15) is 14.7 Å². The van der Waals surface area contributed by atoms with Crippen molar-refractivity contribution in [3.63, 3.8) is 0 Å². The quantitative estimate of drug-likeness (QED) is 0.315. The third-order valence-electron chi connectivity index (χ3n) is 5.97. The number of amides is 2. The Morgan fingerprint density at radius 2 is 1.78 bits per heavy atom. The predicted octanol–water partition coefficient (Wildman–Crippen LogP) is 5.90. The van der Waals surface area contributed by atoms with Crippen molar-refractivity contribution in [1.29, 1.82) is 0 Å². The van der Waals surface area contributed by atoms with Crippen LogP contribution in [-0.2, 0) is 4.79 Å². The lowest BCUT2D eigenvalue weighted by Crippen LogP contribution is -2.45. The number of aromatic amines is 1. The van der Waals surface area contributed by atoms with Crippen molar-refractivity contribution in [3.05, 3.63) is 83.3 Å². The molecule has 4 aromatic rings. The van der Waals surface area contributed by atoms with Crippen molar-refractivity contribution < 1.29 is 14.7 Å². The number of carbonyl (C=O) groups is 2. The van der Waals surface area contributed by atoms with E-state index in [4.69, 9.17) is 0 Å². The molecule has 0 bridgehead atoms. The lowest BCUT2D eigenvalue weighted by molar-refractivity contribution is -0.110. The molecule has 180 valence electrons. The molecule has 1 aliphatic heterocycles. The second-order valence-corrected chi connectivity index (χ2v) is 9.56. The Kier molecular flexibility index (Phi) is 5.64. The van der Waals surface area contributed by atoms with E-state index in [2.05, 4.69) is 20.5 Å². The van der Waals surface area contributed by atoms with Crippen molar-refractivity contribution in [2.24, 2.45) is 0 Å². The minimum atomic E-state index is -1.05. The van der Waals surface area contributed by atoms with E-state index < -0.39 is 11.6 Å². The van der Waals surface area contributed by atoms with Gasteiger partial charge in [0.25, 0.3) is 5.91 Å². The lowest BCUT2D eigenvalue weighted by atomic mass is 10.0. The second kappa shape index (κ2) is 8.81. The number of aromatic nitrogens is 3. The first-order valence-corrected chi connectivity index (χ1v) is 11.5. The van der Waals surface area contributed by atoms with Crippen LogP contribution in [0.4, 0.5) is 16.2 Å². The molecule has 8 nitrogen and oxygen atoms in total. The molecule has 3 N–H and O–H groups in total. The minimum Gasteiger partial charge on any atom is -0.465 e. The highest BCUT2D eigenvalue weighted by molar-refractivity contribution is 6.35. The second-order valence-electron chi connectivity index (χ2n) is 9.56. The molecule has 0 aliphatic carbocycles. The Morgan fingerprint density at radius 3 is 2.50 bits per heavy atom. The van der Waals surface area contributed by atoms with Gasteiger partial charge in [0.05, 0.1) is 11.2 Å². The average Bonchev–Trinajstić information content (AvgIpc) is 3.37. The first kappa shape index (κ1) is 23.0. The van der Waals surface area contributed by atoms with Crippen molar-refractivity contribution in [2.45, 2.75) is 26.3 Å². The maximum absolute atomic E-state index is 12.8. The number of benzene rings is 2. The normalized spacial score (nSPS) is 14.4. The zero-order valence-corrected chi connectivity index (χ0v) is 20.1. The van der Waals surface area contributed by atoms with Crippen LogP contribution < -0.4 is 10.2 Å². The monoisotopic (exact) mass is 479 g/mol. The van der Waals surface area contributed by atoms with Crippen LogP contribution in [-0.4, -0.2) is 37.8 Å². The Morgan fingerprint density at radius 1 is 1.00 bits per heavy atom. The van der Waals surface area contributed by atoms with E-state index >= 15 is 0 Å². The van der Waals surface area contributed by atoms with Crippen molar-refractivity contribution >= 4 is 58.1 Å². The van der Waals surface area contributed by atoms with Crippen LogP contribution in [0.2, 0.25) is 0 Å². The van der Waals surface area contributed by atoms with Gasteiger partial charge in [0.1, 0.15) is 0 Å². The van der Waals surface area contributed by atoms with E-state index in [1.54, 1.807) is 36.7 Å². The lowest BCUT2D eigenvalue weighted by Gasteiger charge is -2.33. The average molecular weight is 480 g/mol. The number of anilines is 2. The minimum absolute atomic E-state index is 0.231. The van der Waals surface area contributed by atoms with Crippen LogP contribution in [0, 0.1) is 0 Å². The highest BCUT2D eigenvalue weighted by Gasteiger charge is 2.31. The highest BCUT2D eigenvalue weighted by atomic mass is 16.4. The molecule has 0 radical (unpaired) electrons. The summed E-state index contributed by atoms with van der Waals surface area (Å²) in [4.78, 5) is 30.1. The van der Waals surface area contributed by atoms with Gasteiger partial charge in [-0.1, -0.05) is 12.1 Å². The smallest absolute Gasteiger partial charge is 0.412 e. The molecule has 0 spiro atoms. The van der Waals surface area contributed by atoms with Gasteiger partial charge < -0.3 is 10.4 Å². The Hall–Kier alpha value is -4.72. The Labute approximate surface area is 208 Å². The van der Waals surface area contributed by atoms with Gasteiger partial charge in [-0.3, -0.25) is 19.8 Å². The number of nitrogens with zero attached hydrogens (tertiary/aromatic N) is 3. The molecular formula is C28H25N5O3. The summed E-state index contributed by atoms with van der Waals surface area (Å²) in [5.41, 5.74) is 5.16. The van der Waals surface area contributed by atoms with E-state index in [0.29, 0.717) is 22.5 Å². The number of carboxylic acid groups (broad SMARTS) is 1. The number of pyridine rings is 1. The third-order valence-corrected chi connectivity index (χ3v) is 5.97. The fourth-order valence-electron chi connectivity index (χ4n) is 4.33. The first-order chi connectivity index (χ1) is 17.2. The number of carbonyl (C=O) groups excluding carboxylic acids is 1. The van der Waals surface area contributed by atoms with Gasteiger partial charge in [0, 0.05) is 45.8 Å². The van der Waals surface area contributed by atoms with E-state index in [-0.39, 0.29) is 5.91 Å². The van der Waals surface area contributed by atoms with Crippen molar-refractivity contribution in [1.82, 2.24) is 15.2 Å². The molecule has 0 saturated heterocycles. The number of hydrogen-bond acceptors (Lipinski definition) is 4. The van der Waals surface area contributed by atoms with E-state index in [1.807, 2.05) is 63.3 Å². The molecule has 36 heavy (non-hydrogen) atoms. The van der Waals surface area contributed by atoms with E-state index in [0.717, 1.165) is 27.7 Å². The SMILES string of the molecule is CC(C)(C)N(C(=O)O)c1ccc2c(c1)/C(=C\c1ccc3c(/C=C/c4ccncc4)n[nH]c3c1)C(=O)N2. The fraction of sp³-hybridized carbons (Fsp3) is 0.143. The topological polar surface area (TPSA) is 111 Å². The predicted molar refractivity (Wildman–Crippen MR) is 142 cm³/mol. The van der Waals surface area contributed by atoms with Gasteiger partial charge in [-0.05, 0) is 86.5 Å². The Bertz CT molecular complexity index is 1540. The number of rotatable bonds is 4. The molecule has 0 unspecified atom stereocenters. The maximum atomic E-state index is 12.8. The van der Waals surface area contributed by atoms with Crippen LogP contribution in [0.1, 0.15) is 43.2 Å². The summed E-state index contributed by atoms with van der Waals surface area (Å²) in [5, 5.41) is 21.1. The molecule has 0 fully saturated rings. The molecule has 8 heteroatoms. The highest BCUT2D eigenvalue weighted by Crippen LogP contribution is 2.37. The summed E-state index contributed by atoms with van der Waals surface area (Å²) >= 11 is 0. The maximum Gasteiger partial charge on any atom is 0.412 e. The van der Waals surface area contributed by atoms with Gasteiger partial charge in [-0.25, -0.2) is 4.79 Å². The summed E-state index contributed by atoms with van der Waals surface area (Å²) in [6, 6.07) is 14.9.